The molecule has 1 rings (SSSR count). The molecule has 0 spiro atoms. The van der Waals surface area contributed by atoms with Crippen LogP contribution in [0, 0.1) is 0 Å². The zero-order valence-electron chi connectivity index (χ0n) is 9.80. The van der Waals surface area contributed by atoms with Crippen LogP contribution in [0.25, 0.3) is 0 Å². The number of hydrogen-bond acceptors (Lipinski definition) is 2. The molecule has 0 fully saturated rings. The van der Waals surface area contributed by atoms with E-state index in [9.17, 15) is 30.9 Å². The number of alkyl halides is 6. The first-order valence-electron chi connectivity index (χ1n) is 5.00. The number of rotatable bonds is 3. The van der Waals surface area contributed by atoms with Crippen molar-refractivity contribution in [2.24, 2.45) is 0 Å². The standard InChI is InChI=1S/C10H8ClF6O2P/c1-20(11,18)19-8(10(15,16)17)6-3-2-4-7(5-6)9(12,13)14/h2-5,8H,1H3. The van der Waals surface area contributed by atoms with Gasteiger partial charge >= 0.3 is 12.4 Å². The van der Waals surface area contributed by atoms with Gasteiger partial charge in [-0.05, 0) is 28.9 Å². The Bertz CT molecular complexity index is 521. The van der Waals surface area contributed by atoms with E-state index in [4.69, 9.17) is 11.2 Å². The number of halogens is 7. The zero-order chi connectivity index (χ0) is 15.8. The van der Waals surface area contributed by atoms with Gasteiger partial charge in [0, 0.05) is 6.66 Å². The Hall–Kier alpha value is -0.720. The highest BCUT2D eigenvalue weighted by Gasteiger charge is 2.45. The van der Waals surface area contributed by atoms with Crippen molar-refractivity contribution in [1.29, 1.82) is 0 Å². The van der Waals surface area contributed by atoms with Crippen LogP contribution in [0.1, 0.15) is 17.2 Å². The third-order valence-electron chi connectivity index (χ3n) is 2.11. The third kappa shape index (κ3) is 5.00. The van der Waals surface area contributed by atoms with Crippen molar-refractivity contribution in [3.05, 3.63) is 35.4 Å². The van der Waals surface area contributed by atoms with Crippen LogP contribution in [0.4, 0.5) is 26.3 Å². The van der Waals surface area contributed by atoms with Gasteiger partial charge in [0.15, 0.2) is 6.10 Å². The van der Waals surface area contributed by atoms with Crippen molar-refractivity contribution in [3.8, 4) is 0 Å². The summed E-state index contributed by atoms with van der Waals surface area (Å²) in [5.41, 5.74) is -2.09. The van der Waals surface area contributed by atoms with Crippen molar-refractivity contribution < 1.29 is 35.4 Å². The molecule has 2 nitrogen and oxygen atoms in total. The van der Waals surface area contributed by atoms with E-state index >= 15 is 0 Å². The molecule has 0 bridgehead atoms. The van der Waals surface area contributed by atoms with Crippen molar-refractivity contribution in [3.63, 3.8) is 0 Å². The summed E-state index contributed by atoms with van der Waals surface area (Å²) in [6.45, 7) is -3.35. The predicted octanol–water partition coefficient (Wildman–Crippen LogP) is 5.39. The molecule has 0 radical (unpaired) electrons. The van der Waals surface area contributed by atoms with Gasteiger partial charge in [0.2, 0.25) is 0 Å². The maximum atomic E-state index is 12.8. The molecule has 0 heterocycles. The number of hydrogen-bond donors (Lipinski definition) is 0. The van der Waals surface area contributed by atoms with Crippen LogP contribution in [-0.4, -0.2) is 12.8 Å². The molecule has 1 aromatic carbocycles. The molecular weight excluding hydrogens is 333 g/mol. The lowest BCUT2D eigenvalue weighted by Crippen LogP contribution is -2.22. The molecule has 1 aromatic rings. The van der Waals surface area contributed by atoms with Crippen molar-refractivity contribution >= 4 is 18.0 Å². The summed E-state index contributed by atoms with van der Waals surface area (Å²) < 4.78 is 91.1. The Morgan fingerprint density at radius 2 is 1.75 bits per heavy atom. The van der Waals surface area contributed by atoms with E-state index in [0.29, 0.717) is 6.07 Å². The van der Waals surface area contributed by atoms with Gasteiger partial charge in [0.05, 0.1) is 5.56 Å². The molecule has 0 aliphatic rings. The molecule has 0 amide bonds. The van der Waals surface area contributed by atoms with Crippen LogP contribution in [-0.2, 0) is 15.3 Å². The second-order valence-corrected chi connectivity index (χ2v) is 7.44. The first kappa shape index (κ1) is 17.3. The Morgan fingerprint density at radius 1 is 1.20 bits per heavy atom. The van der Waals surface area contributed by atoms with Crippen LogP contribution in [0.3, 0.4) is 0 Å². The van der Waals surface area contributed by atoms with E-state index in [0.717, 1.165) is 18.8 Å². The van der Waals surface area contributed by atoms with Crippen LogP contribution in [0.15, 0.2) is 24.3 Å². The van der Waals surface area contributed by atoms with E-state index in [1.807, 2.05) is 0 Å². The number of benzene rings is 1. The molecule has 20 heavy (non-hydrogen) atoms. The summed E-state index contributed by atoms with van der Waals surface area (Å²) in [6.07, 6.45) is -12.6. The van der Waals surface area contributed by atoms with Crippen LogP contribution >= 0.6 is 18.0 Å². The maximum Gasteiger partial charge on any atom is 0.419 e. The normalized spacial score (nSPS) is 17.6. The lowest BCUT2D eigenvalue weighted by atomic mass is 10.1. The highest BCUT2D eigenvalue weighted by molar-refractivity contribution is 7.84. The first-order valence-corrected chi connectivity index (χ1v) is 7.98. The fraction of sp³-hybridized carbons (Fsp3) is 0.400. The smallest absolute Gasteiger partial charge is 0.300 e. The van der Waals surface area contributed by atoms with Gasteiger partial charge in [-0.3, -0.25) is 9.09 Å². The molecule has 0 saturated heterocycles. The van der Waals surface area contributed by atoms with E-state index in [1.54, 1.807) is 0 Å². The molecule has 2 atom stereocenters. The molecule has 0 saturated carbocycles. The molecule has 0 aliphatic heterocycles. The summed E-state index contributed by atoms with van der Waals surface area (Å²) in [5.74, 6) is 0. The van der Waals surface area contributed by atoms with Gasteiger partial charge in [-0.15, -0.1) is 0 Å². The average Bonchev–Trinajstić information content (AvgIpc) is 2.22. The molecule has 0 aliphatic carbocycles. The SMILES string of the molecule is CP(=O)(Cl)OC(c1cccc(C(F)(F)F)c1)C(F)(F)F. The predicted molar refractivity (Wildman–Crippen MR) is 60.7 cm³/mol. The zero-order valence-corrected chi connectivity index (χ0v) is 11.4. The van der Waals surface area contributed by atoms with Crippen LogP contribution < -0.4 is 0 Å². The lowest BCUT2D eigenvalue weighted by Gasteiger charge is -2.22. The van der Waals surface area contributed by atoms with Gasteiger partial charge in [0.25, 0.3) is 6.72 Å². The topological polar surface area (TPSA) is 26.3 Å². The van der Waals surface area contributed by atoms with Crippen molar-refractivity contribution in [2.75, 3.05) is 6.66 Å². The van der Waals surface area contributed by atoms with Gasteiger partial charge in [-0.25, -0.2) is 0 Å². The highest BCUT2D eigenvalue weighted by atomic mass is 35.7. The fourth-order valence-corrected chi connectivity index (χ4v) is 2.23. The summed E-state index contributed by atoms with van der Waals surface area (Å²) in [5, 5.41) is 0. The summed E-state index contributed by atoms with van der Waals surface area (Å²) in [7, 11) is 0. The van der Waals surface area contributed by atoms with Crippen molar-refractivity contribution in [2.45, 2.75) is 18.5 Å². The quantitative estimate of drug-likeness (QED) is 0.545. The Morgan fingerprint density at radius 3 is 2.15 bits per heavy atom. The third-order valence-corrected chi connectivity index (χ3v) is 2.93. The highest BCUT2D eigenvalue weighted by Crippen LogP contribution is 2.55. The average molecular weight is 341 g/mol. The van der Waals surface area contributed by atoms with Crippen molar-refractivity contribution in [1.82, 2.24) is 0 Å². The molecular formula is C10H8ClF6O2P. The van der Waals surface area contributed by atoms with Gasteiger partial charge in [-0.2, -0.15) is 26.3 Å². The summed E-state index contributed by atoms with van der Waals surface area (Å²) in [4.78, 5) is 0. The summed E-state index contributed by atoms with van der Waals surface area (Å²) in [6, 6.07) is 2.49. The second-order valence-electron chi connectivity index (χ2n) is 3.90. The van der Waals surface area contributed by atoms with E-state index < -0.39 is 36.3 Å². The monoisotopic (exact) mass is 340 g/mol. The molecule has 0 aromatic heterocycles. The minimum Gasteiger partial charge on any atom is -0.300 e. The largest absolute Gasteiger partial charge is 0.419 e. The second kappa shape index (κ2) is 5.58. The van der Waals surface area contributed by atoms with Crippen LogP contribution in [0.2, 0.25) is 0 Å². The minimum atomic E-state index is -5.05. The summed E-state index contributed by atoms with van der Waals surface area (Å²) >= 11 is 5.12. The van der Waals surface area contributed by atoms with Gasteiger partial charge in [0.1, 0.15) is 0 Å². The van der Waals surface area contributed by atoms with Crippen LogP contribution in [0.5, 0.6) is 0 Å². The van der Waals surface area contributed by atoms with E-state index in [2.05, 4.69) is 4.52 Å². The minimum absolute atomic E-state index is 0.282. The van der Waals surface area contributed by atoms with E-state index in [1.165, 1.54) is 0 Å². The lowest BCUT2D eigenvalue weighted by molar-refractivity contribution is -0.197. The molecule has 2 unspecified atom stereocenters. The van der Waals surface area contributed by atoms with Gasteiger partial charge in [-0.1, -0.05) is 12.1 Å². The fourth-order valence-electron chi connectivity index (χ4n) is 1.38. The Labute approximate surface area is 114 Å². The van der Waals surface area contributed by atoms with E-state index in [-0.39, 0.29) is 6.07 Å². The Kier molecular flexibility index (Phi) is 4.83. The Balaban J connectivity index is 3.25. The first-order chi connectivity index (χ1) is 8.81. The molecule has 0 N–H and O–H groups in total. The van der Waals surface area contributed by atoms with Gasteiger partial charge < -0.3 is 0 Å². The maximum absolute atomic E-state index is 12.8. The molecule has 10 heteroatoms. The molecule has 114 valence electrons.